The SMILES string of the molecule is C[C@@H](Oc1cccc2ncnc(Nc3ccc4c(cnn4Cc4ccccc4C#N)c3)c12)C(=O)N(C)C. The summed E-state index contributed by atoms with van der Waals surface area (Å²) in [7, 11) is 3.39. The molecule has 5 rings (SSSR count). The molecule has 0 saturated carbocycles. The predicted octanol–water partition coefficient (Wildman–Crippen LogP) is 4.50. The van der Waals surface area contributed by atoms with Crippen LogP contribution in [0.1, 0.15) is 18.1 Å². The number of nitrogens with one attached hydrogen (secondary N) is 1. The van der Waals surface area contributed by atoms with Crippen molar-refractivity contribution >= 4 is 39.2 Å². The molecule has 0 spiro atoms. The molecule has 5 aromatic rings. The van der Waals surface area contributed by atoms with Gasteiger partial charge in [0.25, 0.3) is 5.91 Å². The fourth-order valence-corrected chi connectivity index (χ4v) is 4.23. The second-order valence-electron chi connectivity index (χ2n) is 8.84. The number of benzene rings is 3. The zero-order valence-corrected chi connectivity index (χ0v) is 20.7. The van der Waals surface area contributed by atoms with E-state index in [-0.39, 0.29) is 5.91 Å². The summed E-state index contributed by atoms with van der Waals surface area (Å²) in [5.41, 5.74) is 4.02. The Morgan fingerprint density at radius 3 is 2.78 bits per heavy atom. The smallest absolute Gasteiger partial charge is 0.262 e. The van der Waals surface area contributed by atoms with E-state index in [4.69, 9.17) is 4.74 Å². The molecule has 9 nitrogen and oxygen atoms in total. The van der Waals surface area contributed by atoms with E-state index in [0.29, 0.717) is 34.6 Å². The van der Waals surface area contributed by atoms with Crippen molar-refractivity contribution in [2.45, 2.75) is 19.6 Å². The number of anilines is 2. The maximum atomic E-state index is 12.4. The van der Waals surface area contributed by atoms with Gasteiger partial charge in [-0.05, 0) is 48.9 Å². The van der Waals surface area contributed by atoms with Crippen LogP contribution in [0.15, 0.2) is 73.2 Å². The molecule has 0 fully saturated rings. The molecule has 2 aromatic heterocycles. The Balaban J connectivity index is 1.45. The van der Waals surface area contributed by atoms with Gasteiger partial charge in [-0.2, -0.15) is 10.4 Å². The number of rotatable bonds is 7. The van der Waals surface area contributed by atoms with Crippen molar-refractivity contribution in [2.75, 3.05) is 19.4 Å². The molecular formula is C28H25N7O2. The van der Waals surface area contributed by atoms with Crippen LogP contribution in [0.5, 0.6) is 5.75 Å². The number of aromatic nitrogens is 4. The lowest BCUT2D eigenvalue weighted by Gasteiger charge is -2.20. The molecule has 0 aliphatic heterocycles. The van der Waals surface area contributed by atoms with Gasteiger partial charge in [-0.25, -0.2) is 9.97 Å². The molecule has 9 heteroatoms. The first-order chi connectivity index (χ1) is 17.9. The lowest BCUT2D eigenvalue weighted by atomic mass is 10.1. The van der Waals surface area contributed by atoms with Crippen LogP contribution in [-0.4, -0.2) is 50.8 Å². The second kappa shape index (κ2) is 9.95. The molecule has 0 aliphatic carbocycles. The summed E-state index contributed by atoms with van der Waals surface area (Å²) in [5.74, 6) is 0.955. The summed E-state index contributed by atoms with van der Waals surface area (Å²) in [5, 5.41) is 19.0. The highest BCUT2D eigenvalue weighted by Gasteiger charge is 2.19. The van der Waals surface area contributed by atoms with E-state index in [9.17, 15) is 10.1 Å². The van der Waals surface area contributed by atoms with Gasteiger partial charge < -0.3 is 15.0 Å². The van der Waals surface area contributed by atoms with Crippen LogP contribution in [0.25, 0.3) is 21.8 Å². The molecule has 0 aliphatic rings. The average molecular weight is 492 g/mol. The molecule has 184 valence electrons. The highest BCUT2D eigenvalue weighted by atomic mass is 16.5. The Bertz CT molecular complexity index is 1650. The number of carbonyl (C=O) groups is 1. The van der Waals surface area contributed by atoms with Crippen molar-refractivity contribution in [3.8, 4) is 11.8 Å². The first kappa shape index (κ1) is 23.8. The van der Waals surface area contributed by atoms with Crippen molar-refractivity contribution in [1.29, 1.82) is 5.26 Å². The minimum atomic E-state index is -0.665. The molecule has 1 amide bonds. The predicted molar refractivity (Wildman–Crippen MR) is 142 cm³/mol. The Kier molecular flexibility index (Phi) is 6.39. The minimum absolute atomic E-state index is 0.136. The van der Waals surface area contributed by atoms with Crippen LogP contribution in [0.2, 0.25) is 0 Å². The van der Waals surface area contributed by atoms with Crippen molar-refractivity contribution in [3.63, 3.8) is 0 Å². The van der Waals surface area contributed by atoms with Gasteiger partial charge in [0.15, 0.2) is 6.10 Å². The van der Waals surface area contributed by atoms with E-state index >= 15 is 0 Å². The zero-order chi connectivity index (χ0) is 25.9. The third kappa shape index (κ3) is 4.77. The van der Waals surface area contributed by atoms with Crippen LogP contribution in [-0.2, 0) is 11.3 Å². The standard InChI is InChI=1S/C28H25N7O2/c1-18(28(36)34(2)3)37-25-10-6-9-23-26(25)27(31-17-30-23)33-22-11-12-24-21(13-22)15-32-35(24)16-20-8-5-4-7-19(20)14-29/h4-13,15,17-18H,16H2,1-3H3,(H,30,31,33)/t18-/m1/s1. The van der Waals surface area contributed by atoms with E-state index in [1.165, 1.54) is 11.2 Å². The summed E-state index contributed by atoms with van der Waals surface area (Å²) in [6.45, 7) is 2.22. The van der Waals surface area contributed by atoms with Gasteiger partial charge in [0.05, 0.1) is 40.8 Å². The molecule has 1 atom stereocenters. The van der Waals surface area contributed by atoms with Crippen molar-refractivity contribution in [3.05, 3.63) is 84.3 Å². The number of carbonyl (C=O) groups excluding carboxylic acids is 1. The summed E-state index contributed by atoms with van der Waals surface area (Å²) in [4.78, 5) is 22.7. The van der Waals surface area contributed by atoms with E-state index in [1.54, 1.807) is 27.2 Å². The van der Waals surface area contributed by atoms with Crippen LogP contribution >= 0.6 is 0 Å². The normalized spacial score (nSPS) is 11.7. The maximum absolute atomic E-state index is 12.4. The molecule has 3 aromatic carbocycles. The topological polar surface area (TPSA) is 109 Å². The van der Waals surface area contributed by atoms with E-state index in [1.807, 2.05) is 65.3 Å². The number of fused-ring (bicyclic) bond motifs is 2. The van der Waals surface area contributed by atoms with Gasteiger partial charge in [0.1, 0.15) is 17.9 Å². The Morgan fingerprint density at radius 1 is 1.14 bits per heavy atom. The molecular weight excluding hydrogens is 466 g/mol. The summed E-state index contributed by atoms with van der Waals surface area (Å²) in [6, 6.07) is 21.2. The van der Waals surface area contributed by atoms with Crippen LogP contribution in [0.3, 0.4) is 0 Å². The van der Waals surface area contributed by atoms with Crippen LogP contribution < -0.4 is 10.1 Å². The Hall–Kier alpha value is -4.97. The van der Waals surface area contributed by atoms with Crippen LogP contribution in [0, 0.1) is 11.3 Å². The average Bonchev–Trinajstić information content (AvgIpc) is 3.30. The van der Waals surface area contributed by atoms with E-state index < -0.39 is 6.10 Å². The van der Waals surface area contributed by atoms with Gasteiger partial charge >= 0.3 is 0 Å². The van der Waals surface area contributed by atoms with Gasteiger partial charge in [0, 0.05) is 25.2 Å². The third-order valence-corrected chi connectivity index (χ3v) is 6.08. The fraction of sp³-hybridized carbons (Fsp3) is 0.179. The molecule has 1 N–H and O–H groups in total. The zero-order valence-electron chi connectivity index (χ0n) is 20.7. The number of nitriles is 1. The van der Waals surface area contributed by atoms with Crippen molar-refractivity contribution < 1.29 is 9.53 Å². The number of ether oxygens (including phenoxy) is 1. The maximum Gasteiger partial charge on any atom is 0.262 e. The molecule has 0 bridgehead atoms. The van der Waals surface area contributed by atoms with Gasteiger partial charge in [-0.1, -0.05) is 24.3 Å². The van der Waals surface area contributed by atoms with Crippen molar-refractivity contribution in [2.24, 2.45) is 0 Å². The largest absolute Gasteiger partial charge is 0.480 e. The Morgan fingerprint density at radius 2 is 1.97 bits per heavy atom. The lowest BCUT2D eigenvalue weighted by molar-refractivity contribution is -0.135. The quantitative estimate of drug-likeness (QED) is 0.357. The highest BCUT2D eigenvalue weighted by Crippen LogP contribution is 2.33. The minimum Gasteiger partial charge on any atom is -0.480 e. The first-order valence-electron chi connectivity index (χ1n) is 11.8. The second-order valence-corrected chi connectivity index (χ2v) is 8.84. The Labute approximate surface area is 213 Å². The lowest BCUT2D eigenvalue weighted by Crippen LogP contribution is -2.35. The molecule has 2 heterocycles. The number of hydrogen-bond donors (Lipinski definition) is 1. The number of likely N-dealkylation sites (N-methyl/N-ethyl adjacent to an activating group) is 1. The van der Waals surface area contributed by atoms with Gasteiger partial charge in [-0.15, -0.1) is 0 Å². The number of nitrogens with zero attached hydrogens (tertiary/aromatic N) is 6. The number of amides is 1. The number of hydrogen-bond acceptors (Lipinski definition) is 7. The first-order valence-corrected chi connectivity index (χ1v) is 11.8. The monoisotopic (exact) mass is 491 g/mol. The summed E-state index contributed by atoms with van der Waals surface area (Å²) >= 11 is 0. The molecule has 0 saturated heterocycles. The molecule has 37 heavy (non-hydrogen) atoms. The molecule has 0 radical (unpaired) electrons. The summed E-state index contributed by atoms with van der Waals surface area (Å²) in [6.07, 6.45) is 2.63. The van der Waals surface area contributed by atoms with Gasteiger partial charge in [0.2, 0.25) is 0 Å². The third-order valence-electron chi connectivity index (χ3n) is 6.08. The fourth-order valence-electron chi connectivity index (χ4n) is 4.23. The van der Waals surface area contributed by atoms with Crippen LogP contribution in [0.4, 0.5) is 11.5 Å². The highest BCUT2D eigenvalue weighted by molar-refractivity contribution is 5.96. The van der Waals surface area contributed by atoms with E-state index in [2.05, 4.69) is 26.5 Å². The van der Waals surface area contributed by atoms with Gasteiger partial charge in [-0.3, -0.25) is 9.48 Å². The summed E-state index contributed by atoms with van der Waals surface area (Å²) < 4.78 is 7.91. The van der Waals surface area contributed by atoms with E-state index in [0.717, 1.165) is 22.2 Å². The molecule has 0 unspecified atom stereocenters. The van der Waals surface area contributed by atoms with Crippen molar-refractivity contribution in [1.82, 2.24) is 24.6 Å².